The van der Waals surface area contributed by atoms with E-state index >= 15 is 0 Å². The fourth-order valence-electron chi connectivity index (χ4n) is 3.94. The minimum Gasteiger partial charge on any atom is -0.483 e. The van der Waals surface area contributed by atoms with Crippen LogP contribution in [0.4, 0.5) is 0 Å². The van der Waals surface area contributed by atoms with Crippen LogP contribution < -0.4 is 10.1 Å². The highest BCUT2D eigenvalue weighted by Gasteiger charge is 2.30. The van der Waals surface area contributed by atoms with Gasteiger partial charge in [0.05, 0.1) is 0 Å². The van der Waals surface area contributed by atoms with Crippen molar-refractivity contribution in [3.05, 3.63) is 100 Å². The summed E-state index contributed by atoms with van der Waals surface area (Å²) in [6.07, 6.45) is 0.414. The molecule has 35 heavy (non-hydrogen) atoms. The molecule has 0 aromatic heterocycles. The molecule has 3 aromatic rings. The van der Waals surface area contributed by atoms with E-state index in [4.69, 9.17) is 4.74 Å². The van der Waals surface area contributed by atoms with Gasteiger partial charge in [-0.15, -0.1) is 0 Å². The van der Waals surface area contributed by atoms with Crippen LogP contribution in [0.15, 0.2) is 83.3 Å². The Kier molecular flexibility index (Phi) is 9.91. The third kappa shape index (κ3) is 7.69. The first-order valence-corrected chi connectivity index (χ1v) is 12.8. The van der Waals surface area contributed by atoms with Gasteiger partial charge in [0.2, 0.25) is 5.91 Å². The summed E-state index contributed by atoms with van der Waals surface area (Å²) in [5.41, 5.74) is 2.97. The lowest BCUT2D eigenvalue weighted by Crippen LogP contribution is -2.51. The zero-order valence-corrected chi connectivity index (χ0v) is 22.1. The summed E-state index contributed by atoms with van der Waals surface area (Å²) < 4.78 is 6.96. The molecule has 0 saturated carbocycles. The summed E-state index contributed by atoms with van der Waals surface area (Å²) in [7, 11) is 0. The number of hydrogen-bond donors (Lipinski definition) is 1. The molecule has 0 aliphatic heterocycles. The molecule has 184 valence electrons. The molecule has 1 N–H and O–H groups in total. The summed E-state index contributed by atoms with van der Waals surface area (Å²) >= 11 is 3.46. The standard InChI is InChI=1S/C29H33BrN2O3/c1-4-31-29(34)26(18-22-10-6-5-7-11-22)32(19-23-14-16-24(30)17-15-23)28(33)20-35-27-13-9-8-12-25(27)21(2)3/h5-17,21,26H,4,18-20H2,1-3H3,(H,31,34)/t26-/m1/s1. The number of halogens is 1. The Balaban J connectivity index is 1.90. The first-order chi connectivity index (χ1) is 16.9. The maximum atomic E-state index is 13.6. The predicted molar refractivity (Wildman–Crippen MR) is 143 cm³/mol. The Labute approximate surface area is 216 Å². The van der Waals surface area contributed by atoms with Crippen LogP contribution in [-0.4, -0.2) is 35.9 Å². The lowest BCUT2D eigenvalue weighted by atomic mass is 10.0. The van der Waals surface area contributed by atoms with Crippen molar-refractivity contribution >= 4 is 27.7 Å². The van der Waals surface area contributed by atoms with E-state index < -0.39 is 6.04 Å². The van der Waals surface area contributed by atoms with E-state index in [-0.39, 0.29) is 24.3 Å². The molecule has 0 radical (unpaired) electrons. The Morgan fingerprint density at radius 3 is 2.23 bits per heavy atom. The van der Waals surface area contributed by atoms with E-state index in [0.29, 0.717) is 25.3 Å². The topological polar surface area (TPSA) is 58.6 Å². The van der Waals surface area contributed by atoms with E-state index in [0.717, 1.165) is 21.2 Å². The quantitative estimate of drug-likeness (QED) is 0.340. The molecule has 0 bridgehead atoms. The molecule has 3 aromatic carbocycles. The zero-order chi connectivity index (χ0) is 25.2. The van der Waals surface area contributed by atoms with Gasteiger partial charge in [0, 0.05) is 24.0 Å². The predicted octanol–water partition coefficient (Wildman–Crippen LogP) is 5.73. The average Bonchev–Trinajstić information content (AvgIpc) is 2.86. The normalized spacial score (nSPS) is 11.7. The highest BCUT2D eigenvalue weighted by atomic mass is 79.9. The highest BCUT2D eigenvalue weighted by Crippen LogP contribution is 2.26. The van der Waals surface area contributed by atoms with Crippen molar-refractivity contribution in [3.8, 4) is 5.75 Å². The van der Waals surface area contributed by atoms with E-state index in [1.165, 1.54) is 0 Å². The average molecular weight is 537 g/mol. The number of hydrogen-bond acceptors (Lipinski definition) is 3. The fourth-order valence-corrected chi connectivity index (χ4v) is 4.21. The summed E-state index contributed by atoms with van der Waals surface area (Å²) in [5, 5.41) is 2.91. The van der Waals surface area contributed by atoms with Crippen molar-refractivity contribution in [2.45, 2.75) is 45.7 Å². The Morgan fingerprint density at radius 2 is 1.57 bits per heavy atom. The van der Waals surface area contributed by atoms with Crippen LogP contribution in [0, 0.1) is 0 Å². The van der Waals surface area contributed by atoms with Gasteiger partial charge in [-0.2, -0.15) is 0 Å². The number of amides is 2. The molecule has 0 spiro atoms. The highest BCUT2D eigenvalue weighted by molar-refractivity contribution is 9.10. The molecular formula is C29H33BrN2O3. The van der Waals surface area contributed by atoms with Crippen LogP contribution in [0.2, 0.25) is 0 Å². The number of para-hydroxylation sites is 1. The van der Waals surface area contributed by atoms with Gasteiger partial charge in [0.1, 0.15) is 11.8 Å². The van der Waals surface area contributed by atoms with Gasteiger partial charge >= 0.3 is 0 Å². The van der Waals surface area contributed by atoms with Crippen LogP contribution in [0.3, 0.4) is 0 Å². The van der Waals surface area contributed by atoms with E-state index in [9.17, 15) is 9.59 Å². The number of likely N-dealkylation sites (N-methyl/N-ethyl adjacent to an activating group) is 1. The number of benzene rings is 3. The Hall–Kier alpha value is -3.12. The van der Waals surface area contributed by atoms with Gasteiger partial charge < -0.3 is 15.0 Å². The van der Waals surface area contributed by atoms with Crippen molar-refractivity contribution in [1.29, 1.82) is 0 Å². The number of carbonyl (C=O) groups is 2. The minimum atomic E-state index is -0.669. The van der Waals surface area contributed by atoms with Crippen LogP contribution in [0.1, 0.15) is 43.4 Å². The summed E-state index contributed by atoms with van der Waals surface area (Å²) in [5.74, 6) is 0.543. The first-order valence-electron chi connectivity index (χ1n) is 12.0. The molecule has 6 heteroatoms. The second-order valence-corrected chi connectivity index (χ2v) is 9.65. The molecule has 0 saturated heterocycles. The van der Waals surface area contributed by atoms with E-state index in [1.807, 2.05) is 85.8 Å². The molecule has 0 heterocycles. The van der Waals surface area contributed by atoms with Crippen LogP contribution in [-0.2, 0) is 22.6 Å². The van der Waals surface area contributed by atoms with Crippen molar-refractivity contribution in [2.24, 2.45) is 0 Å². The zero-order valence-electron chi connectivity index (χ0n) is 20.5. The van der Waals surface area contributed by atoms with Gasteiger partial charge in [-0.3, -0.25) is 9.59 Å². The molecule has 0 fully saturated rings. The van der Waals surface area contributed by atoms with Gasteiger partial charge in [0.15, 0.2) is 6.61 Å². The number of nitrogens with zero attached hydrogens (tertiary/aromatic N) is 1. The molecule has 1 atom stereocenters. The lowest BCUT2D eigenvalue weighted by Gasteiger charge is -2.31. The summed E-state index contributed by atoms with van der Waals surface area (Å²) in [4.78, 5) is 28.5. The molecule has 2 amide bonds. The molecule has 0 unspecified atom stereocenters. The molecule has 0 aliphatic rings. The fraction of sp³-hybridized carbons (Fsp3) is 0.310. The number of carbonyl (C=O) groups excluding carboxylic acids is 2. The van der Waals surface area contributed by atoms with E-state index in [1.54, 1.807) is 4.90 Å². The smallest absolute Gasteiger partial charge is 0.261 e. The molecule has 0 aliphatic carbocycles. The van der Waals surface area contributed by atoms with Crippen LogP contribution in [0.5, 0.6) is 5.75 Å². The maximum Gasteiger partial charge on any atom is 0.261 e. The summed E-state index contributed by atoms with van der Waals surface area (Å²) in [6.45, 7) is 6.71. The Morgan fingerprint density at radius 1 is 0.914 bits per heavy atom. The first kappa shape index (κ1) is 26.5. The SMILES string of the molecule is CCNC(=O)[C@@H](Cc1ccccc1)N(Cc1ccc(Br)cc1)C(=O)COc1ccccc1C(C)C. The maximum absolute atomic E-state index is 13.6. The van der Waals surface area contributed by atoms with Crippen LogP contribution in [0.25, 0.3) is 0 Å². The van der Waals surface area contributed by atoms with Crippen molar-refractivity contribution in [1.82, 2.24) is 10.2 Å². The van der Waals surface area contributed by atoms with Crippen molar-refractivity contribution in [2.75, 3.05) is 13.2 Å². The minimum absolute atomic E-state index is 0.148. The number of nitrogens with one attached hydrogen (secondary N) is 1. The molecule has 5 nitrogen and oxygen atoms in total. The van der Waals surface area contributed by atoms with Crippen LogP contribution >= 0.6 is 15.9 Å². The monoisotopic (exact) mass is 536 g/mol. The van der Waals surface area contributed by atoms with Gasteiger partial charge in [0.25, 0.3) is 5.91 Å². The second-order valence-electron chi connectivity index (χ2n) is 8.73. The third-order valence-corrected chi connectivity index (χ3v) is 6.31. The lowest BCUT2D eigenvalue weighted by molar-refractivity contribution is -0.142. The largest absolute Gasteiger partial charge is 0.483 e. The molecular weight excluding hydrogens is 504 g/mol. The second kappa shape index (κ2) is 13.1. The van der Waals surface area contributed by atoms with Gasteiger partial charge in [-0.05, 0) is 47.7 Å². The number of ether oxygens (including phenoxy) is 1. The van der Waals surface area contributed by atoms with Gasteiger partial charge in [-0.1, -0.05) is 90.4 Å². The number of rotatable bonds is 11. The Bertz CT molecular complexity index is 1100. The van der Waals surface area contributed by atoms with Crippen molar-refractivity contribution in [3.63, 3.8) is 0 Å². The van der Waals surface area contributed by atoms with Crippen molar-refractivity contribution < 1.29 is 14.3 Å². The van der Waals surface area contributed by atoms with Gasteiger partial charge in [-0.25, -0.2) is 0 Å². The molecule has 3 rings (SSSR count). The summed E-state index contributed by atoms with van der Waals surface area (Å²) in [6, 6.07) is 24.6. The third-order valence-electron chi connectivity index (χ3n) is 5.78. The van der Waals surface area contributed by atoms with E-state index in [2.05, 4.69) is 35.1 Å².